The molecule has 1 rings (SSSR count). The van der Waals surface area contributed by atoms with Gasteiger partial charge < -0.3 is 14.8 Å². The van der Waals surface area contributed by atoms with Crippen LogP contribution in [-0.2, 0) is 23.9 Å². The van der Waals surface area contributed by atoms with Crippen LogP contribution in [0.2, 0.25) is 0 Å². The fourth-order valence-corrected chi connectivity index (χ4v) is 4.90. The van der Waals surface area contributed by atoms with E-state index < -0.39 is 6.04 Å². The van der Waals surface area contributed by atoms with Crippen molar-refractivity contribution in [2.24, 2.45) is 11.8 Å². The molecule has 4 atom stereocenters. The first-order valence-electron chi connectivity index (χ1n) is 14.5. The molecule has 0 spiro atoms. The van der Waals surface area contributed by atoms with E-state index in [0.29, 0.717) is 19.3 Å². The third-order valence-corrected chi connectivity index (χ3v) is 7.06. The second-order valence-electron chi connectivity index (χ2n) is 10.8. The maximum absolute atomic E-state index is 12.9. The maximum atomic E-state index is 12.9. The van der Waals surface area contributed by atoms with Gasteiger partial charge in [-0.05, 0) is 31.6 Å². The van der Waals surface area contributed by atoms with E-state index >= 15 is 0 Å². The summed E-state index contributed by atoms with van der Waals surface area (Å²) in [6, 6.07) is -0.632. The monoisotopic (exact) mass is 495 g/mol. The van der Waals surface area contributed by atoms with Gasteiger partial charge in [0.05, 0.1) is 5.92 Å². The lowest BCUT2D eigenvalue weighted by Crippen LogP contribution is -2.48. The van der Waals surface area contributed by atoms with Crippen molar-refractivity contribution in [2.45, 2.75) is 155 Å². The van der Waals surface area contributed by atoms with E-state index in [2.05, 4.69) is 19.2 Å². The third-order valence-electron chi connectivity index (χ3n) is 7.06. The van der Waals surface area contributed by atoms with E-state index in [4.69, 9.17) is 9.47 Å². The number of esters is 2. The Kier molecular flexibility index (Phi) is 17.6. The highest BCUT2D eigenvalue weighted by molar-refractivity contribution is 5.79. The van der Waals surface area contributed by atoms with E-state index in [1.54, 1.807) is 0 Å². The Morgan fingerprint density at radius 1 is 0.943 bits per heavy atom. The van der Waals surface area contributed by atoms with Crippen molar-refractivity contribution in [1.82, 2.24) is 5.32 Å². The van der Waals surface area contributed by atoms with E-state index in [1.807, 2.05) is 13.8 Å². The van der Waals surface area contributed by atoms with E-state index in [0.717, 1.165) is 38.5 Å². The number of hydrogen-bond donors (Lipinski definition) is 1. The molecule has 0 aromatic heterocycles. The Hall–Kier alpha value is -1.59. The van der Waals surface area contributed by atoms with Gasteiger partial charge in [-0.25, -0.2) is 4.79 Å². The second-order valence-corrected chi connectivity index (χ2v) is 10.8. The summed E-state index contributed by atoms with van der Waals surface area (Å²) in [5, 5.41) is 2.62. The number of nitrogens with one attached hydrogen (secondary N) is 1. The highest BCUT2D eigenvalue weighted by atomic mass is 16.6. The molecular weight excluding hydrogens is 442 g/mol. The molecule has 6 heteroatoms. The lowest BCUT2D eigenvalue weighted by Gasteiger charge is -2.37. The average Bonchev–Trinajstić information content (AvgIpc) is 2.81. The summed E-state index contributed by atoms with van der Waals surface area (Å²) in [5.74, 6) is -0.302. The van der Waals surface area contributed by atoms with Crippen LogP contribution in [0.5, 0.6) is 0 Å². The molecule has 0 aromatic rings. The molecule has 1 aliphatic rings. The van der Waals surface area contributed by atoms with Crippen LogP contribution < -0.4 is 5.32 Å². The first-order chi connectivity index (χ1) is 16.9. The van der Waals surface area contributed by atoms with Crippen LogP contribution in [0.15, 0.2) is 0 Å². The van der Waals surface area contributed by atoms with Gasteiger partial charge >= 0.3 is 11.9 Å². The minimum atomic E-state index is -0.632. The normalized spacial score (nSPS) is 19.1. The molecule has 1 saturated heterocycles. The molecule has 0 saturated carbocycles. The van der Waals surface area contributed by atoms with Gasteiger partial charge in [-0.15, -0.1) is 0 Å². The van der Waals surface area contributed by atoms with Crippen LogP contribution >= 0.6 is 0 Å². The minimum absolute atomic E-state index is 0.0734. The largest absolute Gasteiger partial charge is 0.461 e. The standard InChI is InChI=1S/C29H53NO5/c1-5-7-9-11-12-13-14-15-16-18-24(34-29(33)26(30-22-31)20-23(3)4)21-27-25(28(32)35-27)19-17-10-8-6-2/h22-27H,5-21H2,1-4H3,(H,30,31)/t24-,25?,26-,27+/m0/s1. The van der Waals surface area contributed by atoms with Gasteiger partial charge in [-0.2, -0.15) is 0 Å². The van der Waals surface area contributed by atoms with Crippen LogP contribution in [-0.4, -0.2) is 36.6 Å². The first-order valence-corrected chi connectivity index (χ1v) is 14.5. The number of unbranched alkanes of at least 4 members (excludes halogenated alkanes) is 11. The van der Waals surface area contributed by atoms with Gasteiger partial charge in [0.1, 0.15) is 18.2 Å². The van der Waals surface area contributed by atoms with Crippen LogP contribution in [0.25, 0.3) is 0 Å². The molecule has 1 heterocycles. The molecule has 6 nitrogen and oxygen atoms in total. The zero-order chi connectivity index (χ0) is 25.9. The van der Waals surface area contributed by atoms with E-state index in [9.17, 15) is 14.4 Å². The predicted molar refractivity (Wildman–Crippen MR) is 141 cm³/mol. The first kappa shape index (κ1) is 31.4. The van der Waals surface area contributed by atoms with Crippen molar-refractivity contribution in [3.63, 3.8) is 0 Å². The number of carbonyl (C=O) groups excluding carboxylic acids is 3. The summed E-state index contributed by atoms with van der Waals surface area (Å²) in [4.78, 5) is 36.0. The Bertz CT molecular complexity index is 579. The summed E-state index contributed by atoms with van der Waals surface area (Å²) in [7, 11) is 0. The fourth-order valence-electron chi connectivity index (χ4n) is 4.90. The molecule has 1 N–H and O–H groups in total. The Morgan fingerprint density at radius 2 is 1.51 bits per heavy atom. The number of amides is 1. The molecule has 204 valence electrons. The highest BCUT2D eigenvalue weighted by Crippen LogP contribution is 2.32. The Balaban J connectivity index is 2.58. The number of carbonyl (C=O) groups is 3. The van der Waals surface area contributed by atoms with Crippen LogP contribution in [0.4, 0.5) is 0 Å². The Morgan fingerprint density at radius 3 is 2.06 bits per heavy atom. The molecule has 1 fully saturated rings. The highest BCUT2D eigenvalue weighted by Gasteiger charge is 2.43. The van der Waals surface area contributed by atoms with E-state index in [1.165, 1.54) is 57.8 Å². The molecule has 35 heavy (non-hydrogen) atoms. The Labute approximate surface area is 214 Å². The summed E-state index contributed by atoms with van der Waals surface area (Å²) in [6.07, 6.45) is 18.5. The SMILES string of the molecule is CCCCCCCCCCC[C@@H](C[C@H]1OC(=O)C1CCCCCC)OC(=O)[C@H](CC(C)C)NC=O. The molecular formula is C29H53NO5. The number of cyclic esters (lactones) is 1. The fraction of sp³-hybridized carbons (Fsp3) is 0.897. The van der Waals surface area contributed by atoms with Crippen molar-refractivity contribution in [2.75, 3.05) is 0 Å². The van der Waals surface area contributed by atoms with Gasteiger partial charge in [-0.1, -0.05) is 105 Å². The van der Waals surface area contributed by atoms with Gasteiger partial charge in [0.25, 0.3) is 0 Å². The predicted octanol–water partition coefficient (Wildman–Crippen LogP) is 6.88. The summed E-state index contributed by atoms with van der Waals surface area (Å²) < 4.78 is 11.4. The second kappa shape index (κ2) is 19.6. The topological polar surface area (TPSA) is 81.7 Å². The molecule has 1 unspecified atom stereocenters. The lowest BCUT2D eigenvalue weighted by atomic mass is 9.86. The number of rotatable bonds is 23. The zero-order valence-corrected chi connectivity index (χ0v) is 23.0. The molecule has 1 amide bonds. The van der Waals surface area contributed by atoms with Crippen LogP contribution in [0, 0.1) is 11.8 Å². The lowest BCUT2D eigenvalue weighted by molar-refractivity contribution is -0.190. The minimum Gasteiger partial charge on any atom is -0.461 e. The number of hydrogen-bond acceptors (Lipinski definition) is 5. The molecule has 0 bridgehead atoms. The molecule has 1 aliphatic heterocycles. The van der Waals surface area contributed by atoms with Crippen LogP contribution in [0.3, 0.4) is 0 Å². The van der Waals surface area contributed by atoms with E-state index in [-0.39, 0.29) is 36.0 Å². The molecule has 0 aromatic carbocycles. The van der Waals surface area contributed by atoms with Crippen molar-refractivity contribution >= 4 is 18.3 Å². The maximum Gasteiger partial charge on any atom is 0.328 e. The van der Waals surface area contributed by atoms with Crippen molar-refractivity contribution in [1.29, 1.82) is 0 Å². The number of ether oxygens (including phenoxy) is 2. The summed E-state index contributed by atoms with van der Waals surface area (Å²) >= 11 is 0. The average molecular weight is 496 g/mol. The van der Waals surface area contributed by atoms with Gasteiger partial charge in [0, 0.05) is 6.42 Å². The summed E-state index contributed by atoms with van der Waals surface area (Å²) in [6.45, 7) is 8.45. The smallest absolute Gasteiger partial charge is 0.328 e. The molecule has 0 aliphatic carbocycles. The molecule has 0 radical (unpaired) electrons. The van der Waals surface area contributed by atoms with Crippen molar-refractivity contribution < 1.29 is 23.9 Å². The quantitative estimate of drug-likeness (QED) is 0.0949. The van der Waals surface area contributed by atoms with Gasteiger partial charge in [0.2, 0.25) is 6.41 Å². The van der Waals surface area contributed by atoms with Crippen molar-refractivity contribution in [3.05, 3.63) is 0 Å². The van der Waals surface area contributed by atoms with Gasteiger partial charge in [0.15, 0.2) is 0 Å². The third kappa shape index (κ3) is 13.9. The summed E-state index contributed by atoms with van der Waals surface area (Å²) in [5.41, 5.74) is 0. The van der Waals surface area contributed by atoms with Gasteiger partial charge in [-0.3, -0.25) is 9.59 Å². The van der Waals surface area contributed by atoms with Crippen molar-refractivity contribution in [3.8, 4) is 0 Å². The zero-order valence-electron chi connectivity index (χ0n) is 23.0. The van der Waals surface area contributed by atoms with Crippen LogP contribution in [0.1, 0.15) is 137 Å².